The molecule has 0 spiro atoms. The molecular weight excluding hydrogens is 217 g/mol. The summed E-state index contributed by atoms with van der Waals surface area (Å²) in [4.78, 5) is 0. The van der Waals surface area contributed by atoms with Crippen LogP contribution >= 0.6 is 0 Å². The lowest BCUT2D eigenvalue weighted by molar-refractivity contribution is -0.274. The molecule has 0 heterocycles. The maximum atomic E-state index is 12.2. The average Bonchev–Trinajstić information content (AvgIpc) is 2.14. The van der Waals surface area contributed by atoms with Crippen LogP contribution in [-0.4, -0.2) is 6.36 Å². The number of hydrogen-bond donors (Lipinski definition) is 0. The fourth-order valence-corrected chi connectivity index (χ4v) is 1.37. The molecule has 1 nitrogen and oxygen atoms in total. The number of hydrogen-bond acceptors (Lipinski definition) is 1. The second-order valence-corrected chi connectivity index (χ2v) is 3.70. The van der Waals surface area contributed by atoms with Crippen LogP contribution in [0.5, 0.6) is 5.75 Å². The Labute approximate surface area is 92.5 Å². The lowest BCUT2D eigenvalue weighted by atomic mass is 10.0. The van der Waals surface area contributed by atoms with Gasteiger partial charge >= 0.3 is 6.36 Å². The predicted molar refractivity (Wildman–Crippen MR) is 57.3 cm³/mol. The monoisotopic (exact) mass is 230 g/mol. The normalized spacial score (nSPS) is 11.6. The van der Waals surface area contributed by atoms with Gasteiger partial charge in [0.2, 0.25) is 0 Å². The average molecular weight is 230 g/mol. The van der Waals surface area contributed by atoms with Crippen molar-refractivity contribution in [1.82, 2.24) is 0 Å². The molecule has 0 atom stereocenters. The molecule has 4 heteroatoms. The number of benzene rings is 1. The number of alkyl halides is 3. The van der Waals surface area contributed by atoms with Crippen molar-refractivity contribution in [3.05, 3.63) is 35.9 Å². The summed E-state index contributed by atoms with van der Waals surface area (Å²) < 4.78 is 40.5. The fourth-order valence-electron chi connectivity index (χ4n) is 1.37. The zero-order valence-electron chi connectivity index (χ0n) is 9.14. The van der Waals surface area contributed by atoms with Crippen LogP contribution in [0.25, 0.3) is 6.08 Å². The Hall–Kier alpha value is -1.45. The van der Waals surface area contributed by atoms with Gasteiger partial charge in [0.05, 0.1) is 0 Å². The number of halogens is 3. The predicted octanol–water partition coefficient (Wildman–Crippen LogP) is 4.35. The highest BCUT2D eigenvalue weighted by Crippen LogP contribution is 2.32. The molecule has 0 unspecified atom stereocenters. The van der Waals surface area contributed by atoms with Crippen LogP contribution in [0.15, 0.2) is 24.8 Å². The van der Waals surface area contributed by atoms with E-state index in [-0.39, 0.29) is 11.7 Å². The van der Waals surface area contributed by atoms with Crippen molar-refractivity contribution < 1.29 is 17.9 Å². The van der Waals surface area contributed by atoms with Gasteiger partial charge in [-0.3, -0.25) is 0 Å². The Morgan fingerprint density at radius 3 is 2.38 bits per heavy atom. The van der Waals surface area contributed by atoms with Crippen molar-refractivity contribution in [1.29, 1.82) is 0 Å². The van der Waals surface area contributed by atoms with Gasteiger partial charge in [-0.1, -0.05) is 38.6 Å². The first-order valence-corrected chi connectivity index (χ1v) is 4.85. The van der Waals surface area contributed by atoms with Gasteiger partial charge in [-0.15, -0.1) is 13.2 Å². The van der Waals surface area contributed by atoms with Crippen molar-refractivity contribution in [2.75, 3.05) is 0 Å². The lowest BCUT2D eigenvalue weighted by Gasteiger charge is -2.16. The van der Waals surface area contributed by atoms with Gasteiger partial charge in [0.15, 0.2) is 0 Å². The molecule has 0 radical (unpaired) electrons. The van der Waals surface area contributed by atoms with Gasteiger partial charge in [-0.05, 0) is 23.1 Å². The molecule has 0 aliphatic heterocycles. The molecule has 0 aliphatic carbocycles. The summed E-state index contributed by atoms with van der Waals surface area (Å²) in [6, 6.07) is 4.68. The first-order chi connectivity index (χ1) is 7.33. The van der Waals surface area contributed by atoms with Crippen molar-refractivity contribution in [2.24, 2.45) is 0 Å². The molecule has 16 heavy (non-hydrogen) atoms. The highest BCUT2D eigenvalue weighted by atomic mass is 19.4. The minimum atomic E-state index is -4.66. The first kappa shape index (κ1) is 12.6. The van der Waals surface area contributed by atoms with Crippen LogP contribution in [-0.2, 0) is 0 Å². The summed E-state index contributed by atoms with van der Waals surface area (Å²) in [6.07, 6.45) is -3.18. The molecule has 0 saturated heterocycles. The van der Waals surface area contributed by atoms with E-state index in [1.807, 2.05) is 13.8 Å². The smallest absolute Gasteiger partial charge is 0.405 e. The van der Waals surface area contributed by atoms with Crippen molar-refractivity contribution >= 4 is 6.08 Å². The van der Waals surface area contributed by atoms with E-state index in [2.05, 4.69) is 11.3 Å². The second kappa shape index (κ2) is 4.60. The molecular formula is C12H13F3O. The molecule has 1 aromatic rings. The molecule has 0 amide bonds. The maximum Gasteiger partial charge on any atom is 0.573 e. The van der Waals surface area contributed by atoms with E-state index >= 15 is 0 Å². The van der Waals surface area contributed by atoms with E-state index < -0.39 is 6.36 Å². The number of rotatable bonds is 3. The van der Waals surface area contributed by atoms with Crippen LogP contribution < -0.4 is 4.74 Å². The molecule has 88 valence electrons. The summed E-state index contributed by atoms with van der Waals surface area (Å²) in [5.74, 6) is -0.184. The Balaban J connectivity index is 3.15. The lowest BCUT2D eigenvalue weighted by Crippen LogP contribution is -2.18. The van der Waals surface area contributed by atoms with E-state index in [4.69, 9.17) is 0 Å². The maximum absolute atomic E-state index is 12.2. The largest absolute Gasteiger partial charge is 0.573 e. The van der Waals surface area contributed by atoms with Gasteiger partial charge in [-0.2, -0.15) is 0 Å². The van der Waals surface area contributed by atoms with Gasteiger partial charge in [-0.25, -0.2) is 0 Å². The summed E-state index contributed by atoms with van der Waals surface area (Å²) >= 11 is 0. The summed E-state index contributed by atoms with van der Waals surface area (Å²) in [5.41, 5.74) is 1.13. The van der Waals surface area contributed by atoms with Crippen LogP contribution in [0.1, 0.15) is 30.9 Å². The highest BCUT2D eigenvalue weighted by Gasteiger charge is 2.32. The summed E-state index contributed by atoms with van der Waals surface area (Å²) in [6.45, 7) is 7.13. The van der Waals surface area contributed by atoms with Crippen LogP contribution in [0, 0.1) is 0 Å². The fraction of sp³-hybridized carbons (Fsp3) is 0.333. The van der Waals surface area contributed by atoms with Crippen molar-refractivity contribution in [2.45, 2.75) is 26.1 Å². The zero-order valence-corrected chi connectivity index (χ0v) is 9.14. The van der Waals surface area contributed by atoms with Gasteiger partial charge < -0.3 is 4.74 Å². The van der Waals surface area contributed by atoms with Crippen molar-refractivity contribution in [3.8, 4) is 5.75 Å². The van der Waals surface area contributed by atoms with E-state index in [9.17, 15) is 13.2 Å². The minimum Gasteiger partial charge on any atom is -0.405 e. The molecule has 0 fully saturated rings. The van der Waals surface area contributed by atoms with Gasteiger partial charge in [0.25, 0.3) is 0 Å². The van der Waals surface area contributed by atoms with Gasteiger partial charge in [0, 0.05) is 0 Å². The Bertz CT molecular complexity index is 380. The molecule has 1 aromatic carbocycles. The summed E-state index contributed by atoms with van der Waals surface area (Å²) in [7, 11) is 0. The Kier molecular flexibility index (Phi) is 3.62. The molecule has 1 rings (SSSR count). The standard InChI is InChI=1S/C12H13F3O/c1-4-9-5-6-10(8(2)3)11(7-9)16-12(13,14)15/h4-8H,1H2,2-3H3. The Morgan fingerprint density at radius 1 is 1.31 bits per heavy atom. The minimum absolute atomic E-state index is 0.0313. The highest BCUT2D eigenvalue weighted by molar-refractivity contribution is 5.52. The quantitative estimate of drug-likeness (QED) is 0.750. The first-order valence-electron chi connectivity index (χ1n) is 4.85. The van der Waals surface area contributed by atoms with E-state index in [0.717, 1.165) is 0 Å². The van der Waals surface area contributed by atoms with Crippen molar-refractivity contribution in [3.63, 3.8) is 0 Å². The Morgan fingerprint density at radius 2 is 1.94 bits per heavy atom. The van der Waals surface area contributed by atoms with E-state index in [1.165, 1.54) is 12.1 Å². The van der Waals surface area contributed by atoms with Gasteiger partial charge in [0.1, 0.15) is 5.75 Å². The summed E-state index contributed by atoms with van der Waals surface area (Å²) in [5, 5.41) is 0. The molecule has 0 aliphatic rings. The van der Waals surface area contributed by atoms with Crippen LogP contribution in [0.4, 0.5) is 13.2 Å². The van der Waals surface area contributed by atoms with Crippen LogP contribution in [0.3, 0.4) is 0 Å². The zero-order chi connectivity index (χ0) is 12.3. The van der Waals surface area contributed by atoms with E-state index in [1.54, 1.807) is 12.1 Å². The third kappa shape index (κ3) is 3.29. The third-order valence-electron chi connectivity index (χ3n) is 2.12. The molecule has 0 saturated carbocycles. The molecule has 0 aromatic heterocycles. The SMILES string of the molecule is C=Cc1ccc(C(C)C)c(OC(F)(F)F)c1. The topological polar surface area (TPSA) is 9.23 Å². The number of ether oxygens (including phenoxy) is 1. The molecule has 0 bridgehead atoms. The van der Waals surface area contributed by atoms with E-state index in [0.29, 0.717) is 11.1 Å². The second-order valence-electron chi connectivity index (χ2n) is 3.70. The third-order valence-corrected chi connectivity index (χ3v) is 2.12. The molecule has 0 N–H and O–H groups in total. The van der Waals surface area contributed by atoms with Crippen LogP contribution in [0.2, 0.25) is 0 Å².